The number of amides is 1. The molecule has 0 saturated carbocycles. The summed E-state index contributed by atoms with van der Waals surface area (Å²) < 4.78 is 23.0. The van der Waals surface area contributed by atoms with E-state index in [9.17, 15) is 13.2 Å². The van der Waals surface area contributed by atoms with E-state index in [1.165, 1.54) is 0 Å². The second kappa shape index (κ2) is 5.88. The largest absolute Gasteiger partial charge is 0.389 e. The second-order valence-electron chi connectivity index (χ2n) is 4.87. The molecule has 1 aromatic rings. The van der Waals surface area contributed by atoms with Crippen molar-refractivity contribution >= 4 is 33.0 Å². The first-order valence-electron chi connectivity index (χ1n) is 6.28. The Morgan fingerprint density at radius 2 is 1.85 bits per heavy atom. The molecular weight excluding hydrogens is 296 g/mol. The molecule has 7 heteroatoms. The van der Waals surface area contributed by atoms with Gasteiger partial charge >= 0.3 is 0 Å². The van der Waals surface area contributed by atoms with Crippen LogP contribution in [0.3, 0.4) is 0 Å². The highest BCUT2D eigenvalue weighted by Crippen LogP contribution is 2.13. The summed E-state index contributed by atoms with van der Waals surface area (Å²) in [6.07, 6.45) is 1.28. The van der Waals surface area contributed by atoms with Gasteiger partial charge in [0.2, 0.25) is 0 Å². The van der Waals surface area contributed by atoms with Crippen molar-refractivity contribution < 1.29 is 13.2 Å². The summed E-state index contributed by atoms with van der Waals surface area (Å²) in [4.78, 5) is 12.3. The third kappa shape index (κ3) is 3.77. The molecule has 0 aromatic heterocycles. The number of carbonyl (C=O) groups excluding carboxylic acids is 1. The van der Waals surface area contributed by atoms with Crippen LogP contribution in [-0.4, -0.2) is 36.9 Å². The topological polar surface area (TPSA) is 89.3 Å². The molecule has 20 heavy (non-hydrogen) atoms. The van der Waals surface area contributed by atoms with E-state index in [0.717, 1.165) is 0 Å². The first-order chi connectivity index (χ1) is 9.37. The highest BCUT2D eigenvalue weighted by molar-refractivity contribution is 7.91. The van der Waals surface area contributed by atoms with E-state index in [-0.39, 0.29) is 28.4 Å². The van der Waals surface area contributed by atoms with Gasteiger partial charge in [-0.05, 0) is 25.0 Å². The van der Waals surface area contributed by atoms with Crippen LogP contribution in [-0.2, 0) is 9.84 Å². The normalized spacial score (nSPS) is 21.1. The zero-order valence-corrected chi connectivity index (χ0v) is 12.5. The Bertz CT molecular complexity index is 624. The molecule has 5 nitrogen and oxygen atoms in total. The molecule has 0 bridgehead atoms. The lowest BCUT2D eigenvalue weighted by Crippen LogP contribution is -2.43. The van der Waals surface area contributed by atoms with E-state index in [0.29, 0.717) is 24.0 Å². The molecule has 1 aliphatic heterocycles. The first kappa shape index (κ1) is 14.9. The maximum absolute atomic E-state index is 12.0. The summed E-state index contributed by atoms with van der Waals surface area (Å²) in [5, 5.41) is 2.76. The van der Waals surface area contributed by atoms with Crippen LogP contribution in [0.5, 0.6) is 0 Å². The Labute approximate surface area is 123 Å². The van der Waals surface area contributed by atoms with Gasteiger partial charge in [-0.1, -0.05) is 24.4 Å². The third-order valence-electron chi connectivity index (χ3n) is 3.23. The second-order valence-corrected chi connectivity index (χ2v) is 7.54. The lowest BCUT2D eigenvalue weighted by molar-refractivity contribution is 0.0938. The SMILES string of the molecule is NC(=S)c1ccc(C(=O)NC2CCCS(=O)(=O)C2)cc1. The van der Waals surface area contributed by atoms with Crippen molar-refractivity contribution in [2.24, 2.45) is 5.73 Å². The molecule has 1 amide bonds. The average Bonchev–Trinajstić information content (AvgIpc) is 2.37. The lowest BCUT2D eigenvalue weighted by atomic mass is 10.1. The summed E-state index contributed by atoms with van der Waals surface area (Å²) in [5.41, 5.74) is 6.64. The van der Waals surface area contributed by atoms with Crippen molar-refractivity contribution in [2.45, 2.75) is 18.9 Å². The molecule has 1 atom stereocenters. The Balaban J connectivity index is 2.03. The van der Waals surface area contributed by atoms with Crippen LogP contribution < -0.4 is 11.1 Å². The van der Waals surface area contributed by atoms with Gasteiger partial charge in [-0.15, -0.1) is 0 Å². The van der Waals surface area contributed by atoms with E-state index < -0.39 is 9.84 Å². The van der Waals surface area contributed by atoms with Crippen molar-refractivity contribution in [3.63, 3.8) is 0 Å². The molecule has 0 aliphatic carbocycles. The van der Waals surface area contributed by atoms with E-state index in [1.807, 2.05) is 0 Å². The summed E-state index contributed by atoms with van der Waals surface area (Å²) >= 11 is 4.84. The Hall–Kier alpha value is -1.47. The smallest absolute Gasteiger partial charge is 0.251 e. The number of rotatable bonds is 3. The number of thiocarbonyl (C=S) groups is 1. The molecule has 3 N–H and O–H groups in total. The number of nitrogens with one attached hydrogen (secondary N) is 1. The minimum atomic E-state index is -3.03. The predicted octanol–water partition coefficient (Wildman–Crippen LogP) is 0.628. The molecule has 1 heterocycles. The number of benzene rings is 1. The van der Waals surface area contributed by atoms with E-state index in [4.69, 9.17) is 18.0 Å². The highest BCUT2D eigenvalue weighted by Gasteiger charge is 2.26. The number of hydrogen-bond acceptors (Lipinski definition) is 4. The summed E-state index contributed by atoms with van der Waals surface area (Å²) in [5.74, 6) is -0.0484. The Morgan fingerprint density at radius 1 is 1.25 bits per heavy atom. The van der Waals surface area contributed by atoms with Gasteiger partial charge in [0.25, 0.3) is 5.91 Å². The number of nitrogens with two attached hydrogens (primary N) is 1. The molecule has 1 aliphatic rings. The molecule has 0 spiro atoms. The van der Waals surface area contributed by atoms with Crippen LogP contribution in [0.1, 0.15) is 28.8 Å². The minimum absolute atomic E-state index is 0.0176. The Morgan fingerprint density at radius 3 is 2.40 bits per heavy atom. The average molecular weight is 312 g/mol. The maximum atomic E-state index is 12.0. The zero-order valence-electron chi connectivity index (χ0n) is 10.8. The number of carbonyl (C=O) groups is 1. The standard InChI is InChI=1S/C13H16N2O3S2/c14-12(19)9-3-5-10(6-4-9)13(16)15-11-2-1-7-20(17,18)8-11/h3-6,11H,1-2,7-8H2,(H2,14,19)(H,15,16). The van der Waals surface area contributed by atoms with Crippen molar-refractivity contribution in [1.29, 1.82) is 0 Å². The van der Waals surface area contributed by atoms with E-state index in [1.54, 1.807) is 24.3 Å². The van der Waals surface area contributed by atoms with Crippen LogP contribution in [0.2, 0.25) is 0 Å². The summed E-state index contributed by atoms with van der Waals surface area (Å²) in [6.45, 7) is 0. The first-order valence-corrected chi connectivity index (χ1v) is 8.51. The van der Waals surface area contributed by atoms with Crippen LogP contribution >= 0.6 is 12.2 Å². The molecule has 108 valence electrons. The number of sulfone groups is 1. The van der Waals surface area contributed by atoms with E-state index in [2.05, 4.69) is 5.32 Å². The lowest BCUT2D eigenvalue weighted by Gasteiger charge is -2.23. The molecular formula is C13H16N2O3S2. The molecule has 1 unspecified atom stereocenters. The van der Waals surface area contributed by atoms with Crippen LogP contribution in [0, 0.1) is 0 Å². The fourth-order valence-electron chi connectivity index (χ4n) is 2.19. The molecule has 0 radical (unpaired) electrons. The van der Waals surface area contributed by atoms with Crippen LogP contribution in [0.25, 0.3) is 0 Å². The predicted molar refractivity (Wildman–Crippen MR) is 81.5 cm³/mol. The van der Waals surface area contributed by atoms with Gasteiger partial charge < -0.3 is 11.1 Å². The molecule has 1 saturated heterocycles. The minimum Gasteiger partial charge on any atom is -0.389 e. The Kier molecular flexibility index (Phi) is 4.39. The fraction of sp³-hybridized carbons (Fsp3) is 0.385. The van der Waals surface area contributed by atoms with Gasteiger partial charge in [-0.2, -0.15) is 0 Å². The van der Waals surface area contributed by atoms with Crippen molar-refractivity contribution in [3.8, 4) is 0 Å². The van der Waals surface area contributed by atoms with Crippen molar-refractivity contribution in [1.82, 2.24) is 5.32 Å². The fourth-order valence-corrected chi connectivity index (χ4v) is 3.96. The van der Waals surface area contributed by atoms with Crippen molar-refractivity contribution in [2.75, 3.05) is 11.5 Å². The molecule has 1 fully saturated rings. The van der Waals surface area contributed by atoms with Gasteiger partial charge in [0, 0.05) is 17.2 Å². The van der Waals surface area contributed by atoms with E-state index >= 15 is 0 Å². The number of hydrogen-bond donors (Lipinski definition) is 2. The third-order valence-corrected chi connectivity index (χ3v) is 5.29. The van der Waals surface area contributed by atoms with Gasteiger partial charge in [0.15, 0.2) is 9.84 Å². The monoisotopic (exact) mass is 312 g/mol. The van der Waals surface area contributed by atoms with Gasteiger partial charge in [-0.25, -0.2) is 8.42 Å². The van der Waals surface area contributed by atoms with Crippen LogP contribution in [0.15, 0.2) is 24.3 Å². The summed E-state index contributed by atoms with van der Waals surface area (Å²) in [6, 6.07) is 6.29. The van der Waals surface area contributed by atoms with Gasteiger partial charge in [0.1, 0.15) is 4.99 Å². The maximum Gasteiger partial charge on any atom is 0.251 e. The van der Waals surface area contributed by atoms with Gasteiger partial charge in [0.05, 0.1) is 11.5 Å². The quantitative estimate of drug-likeness (QED) is 0.799. The van der Waals surface area contributed by atoms with Gasteiger partial charge in [-0.3, -0.25) is 4.79 Å². The molecule has 1 aromatic carbocycles. The molecule has 2 rings (SSSR count). The zero-order chi connectivity index (χ0) is 14.8. The highest BCUT2D eigenvalue weighted by atomic mass is 32.2. The van der Waals surface area contributed by atoms with Crippen LogP contribution in [0.4, 0.5) is 0 Å². The van der Waals surface area contributed by atoms with Crippen molar-refractivity contribution in [3.05, 3.63) is 35.4 Å². The summed E-state index contributed by atoms with van der Waals surface area (Å²) in [7, 11) is -3.03.